The van der Waals surface area contributed by atoms with E-state index < -0.39 is 11.7 Å². The molecule has 0 aromatic heterocycles. The van der Waals surface area contributed by atoms with Gasteiger partial charge in [-0.1, -0.05) is 18.2 Å². The molecule has 1 aromatic rings. The van der Waals surface area contributed by atoms with Crippen molar-refractivity contribution >= 4 is 6.08 Å². The highest BCUT2D eigenvalue weighted by Crippen LogP contribution is 2.49. The van der Waals surface area contributed by atoms with Gasteiger partial charge in [0.25, 0.3) is 0 Å². The van der Waals surface area contributed by atoms with Crippen LogP contribution in [0.4, 0.5) is 4.39 Å². The molecule has 1 aromatic carbocycles. The van der Waals surface area contributed by atoms with E-state index in [-0.39, 0.29) is 0 Å². The van der Waals surface area contributed by atoms with Gasteiger partial charge in [0.2, 0.25) is 6.08 Å². The maximum Gasteiger partial charge on any atom is 0.235 e. The Kier molecular flexibility index (Phi) is 3.48. The molecule has 0 bridgehead atoms. The van der Waals surface area contributed by atoms with Crippen molar-refractivity contribution in [2.24, 2.45) is 4.99 Å². The van der Waals surface area contributed by atoms with Crippen molar-refractivity contribution in [3.63, 3.8) is 0 Å². The molecule has 96 valence electrons. The molecule has 18 heavy (non-hydrogen) atoms. The summed E-state index contributed by atoms with van der Waals surface area (Å²) in [5.74, 6) is 0.506. The van der Waals surface area contributed by atoms with Gasteiger partial charge in [0.1, 0.15) is 17.5 Å². The monoisotopic (exact) mass is 249 g/mol. The minimum atomic E-state index is -1.11. The highest BCUT2D eigenvalue weighted by molar-refractivity contribution is 5.50. The summed E-state index contributed by atoms with van der Waals surface area (Å²) in [5, 5.41) is 0. The molecule has 2 rings (SSSR count). The van der Waals surface area contributed by atoms with Gasteiger partial charge < -0.3 is 4.74 Å². The van der Waals surface area contributed by atoms with Gasteiger partial charge >= 0.3 is 0 Å². The molecule has 4 heteroatoms. The van der Waals surface area contributed by atoms with Gasteiger partial charge in [0, 0.05) is 11.1 Å². The van der Waals surface area contributed by atoms with Crippen LogP contribution in [0.5, 0.6) is 5.75 Å². The van der Waals surface area contributed by atoms with Crippen molar-refractivity contribution in [1.82, 2.24) is 0 Å². The molecule has 3 nitrogen and oxygen atoms in total. The van der Waals surface area contributed by atoms with Crippen LogP contribution in [0.3, 0.4) is 0 Å². The number of hydrogen-bond acceptors (Lipinski definition) is 3. The predicted molar refractivity (Wildman–Crippen MR) is 66.2 cm³/mol. The molecule has 1 aliphatic rings. The number of para-hydroxylation sites is 1. The second kappa shape index (κ2) is 4.91. The van der Waals surface area contributed by atoms with Gasteiger partial charge in [-0.15, -0.1) is 0 Å². The Morgan fingerprint density at radius 3 is 2.67 bits per heavy atom. The van der Waals surface area contributed by atoms with Gasteiger partial charge in [-0.05, 0) is 26.2 Å². The molecule has 1 fully saturated rings. The number of nitrogens with zero attached hydrogens (tertiary/aromatic N) is 1. The van der Waals surface area contributed by atoms with Gasteiger partial charge in [-0.2, -0.15) is 4.99 Å². The fraction of sp³-hybridized carbons (Fsp3) is 0.500. The van der Waals surface area contributed by atoms with Crippen LogP contribution < -0.4 is 4.74 Å². The first-order chi connectivity index (χ1) is 8.64. The van der Waals surface area contributed by atoms with Crippen molar-refractivity contribution in [2.45, 2.75) is 37.9 Å². The van der Waals surface area contributed by atoms with Crippen molar-refractivity contribution in [3.8, 4) is 5.75 Å². The first-order valence-electron chi connectivity index (χ1n) is 6.05. The Hall–Kier alpha value is -1.67. The summed E-state index contributed by atoms with van der Waals surface area (Å²) < 4.78 is 18.9. The van der Waals surface area contributed by atoms with Crippen molar-refractivity contribution in [3.05, 3.63) is 29.3 Å². The molecule has 1 aliphatic carbocycles. The summed E-state index contributed by atoms with van der Waals surface area (Å²) in [6.07, 6.45) is 3.09. The smallest absolute Gasteiger partial charge is 0.235 e. The van der Waals surface area contributed by atoms with Crippen molar-refractivity contribution < 1.29 is 13.9 Å². The number of rotatable bonds is 4. The van der Waals surface area contributed by atoms with E-state index in [4.69, 9.17) is 4.74 Å². The molecule has 0 N–H and O–H groups in total. The third-order valence-electron chi connectivity index (χ3n) is 3.62. The Morgan fingerprint density at radius 1 is 1.50 bits per heavy atom. The number of ether oxygens (including phenoxy) is 1. The zero-order chi connectivity index (χ0) is 13.2. The zero-order valence-electron chi connectivity index (χ0n) is 10.6. The lowest BCUT2D eigenvalue weighted by Gasteiger charge is -2.38. The van der Waals surface area contributed by atoms with Crippen LogP contribution in [0.15, 0.2) is 23.2 Å². The second-order valence-electron chi connectivity index (χ2n) is 4.63. The lowest BCUT2D eigenvalue weighted by molar-refractivity contribution is 0.243. The molecule has 0 radical (unpaired) electrons. The fourth-order valence-electron chi connectivity index (χ4n) is 2.50. The summed E-state index contributed by atoms with van der Waals surface area (Å²) >= 11 is 0. The normalized spacial score (nSPS) is 18.4. The maximum absolute atomic E-state index is 13.6. The number of carbonyl (C=O) groups excluding carboxylic acids is 1. The lowest BCUT2D eigenvalue weighted by atomic mass is 9.71. The predicted octanol–water partition coefficient (Wildman–Crippen LogP) is 3.44. The average molecular weight is 249 g/mol. The van der Waals surface area contributed by atoms with E-state index in [1.165, 1.54) is 14.0 Å². The first-order valence-corrected chi connectivity index (χ1v) is 6.05. The van der Waals surface area contributed by atoms with Crippen LogP contribution in [-0.4, -0.2) is 13.2 Å². The average Bonchev–Trinajstić information content (AvgIpc) is 2.32. The quantitative estimate of drug-likeness (QED) is 0.605. The van der Waals surface area contributed by atoms with E-state index in [1.54, 1.807) is 18.2 Å². The zero-order valence-corrected chi connectivity index (χ0v) is 10.6. The summed E-state index contributed by atoms with van der Waals surface area (Å²) in [4.78, 5) is 14.5. The number of isocyanates is 1. The highest BCUT2D eigenvalue weighted by atomic mass is 19.1. The molecule has 0 aliphatic heterocycles. The minimum absolute atomic E-state index is 0.502. The van der Waals surface area contributed by atoms with E-state index in [0.717, 1.165) is 24.8 Å². The molecule has 1 saturated carbocycles. The SMILES string of the molecule is COc1c(C(C)F)cccc1C1(N=C=O)CCC1. The molecule has 0 saturated heterocycles. The number of aliphatic imine (C=N–C) groups is 1. The van der Waals surface area contributed by atoms with Crippen LogP contribution >= 0.6 is 0 Å². The Bertz CT molecular complexity index is 489. The Labute approximate surface area is 106 Å². The topological polar surface area (TPSA) is 38.7 Å². The van der Waals surface area contributed by atoms with Crippen molar-refractivity contribution in [1.29, 1.82) is 0 Å². The molecule has 0 amide bonds. The summed E-state index contributed by atoms with van der Waals surface area (Å²) in [7, 11) is 1.52. The second-order valence-corrected chi connectivity index (χ2v) is 4.63. The van der Waals surface area contributed by atoms with Gasteiger partial charge in [-0.25, -0.2) is 9.18 Å². The van der Waals surface area contributed by atoms with Crippen LogP contribution in [-0.2, 0) is 10.3 Å². The van der Waals surface area contributed by atoms with Crippen molar-refractivity contribution in [2.75, 3.05) is 7.11 Å². The van der Waals surface area contributed by atoms with Gasteiger partial charge in [-0.3, -0.25) is 0 Å². The number of halogens is 1. The number of hydrogen-bond donors (Lipinski definition) is 0. The van der Waals surface area contributed by atoms with Gasteiger partial charge in [0.05, 0.1) is 7.11 Å². The maximum atomic E-state index is 13.6. The molecule has 1 unspecified atom stereocenters. The van der Waals surface area contributed by atoms with Crippen LogP contribution in [0.1, 0.15) is 43.5 Å². The molecule has 1 atom stereocenters. The Morgan fingerprint density at radius 2 is 2.22 bits per heavy atom. The summed E-state index contributed by atoms with van der Waals surface area (Å²) in [6.45, 7) is 1.47. The van der Waals surface area contributed by atoms with E-state index in [2.05, 4.69) is 4.99 Å². The number of benzene rings is 1. The van der Waals surface area contributed by atoms with Crippen LogP contribution in [0.25, 0.3) is 0 Å². The highest BCUT2D eigenvalue weighted by Gasteiger charge is 2.41. The number of methoxy groups -OCH3 is 1. The third kappa shape index (κ3) is 1.93. The molecular weight excluding hydrogens is 233 g/mol. The van der Waals surface area contributed by atoms with E-state index >= 15 is 0 Å². The number of alkyl halides is 1. The standard InChI is InChI=1S/C14H16FNO2/c1-10(15)11-5-3-6-12(13(11)18-2)14(16-9-17)7-4-8-14/h3,5-6,10H,4,7-8H2,1-2H3. The largest absolute Gasteiger partial charge is 0.496 e. The Balaban J connectivity index is 2.56. The molecule has 0 spiro atoms. The fourth-order valence-corrected chi connectivity index (χ4v) is 2.50. The molecule has 0 heterocycles. The minimum Gasteiger partial charge on any atom is -0.496 e. The van der Waals surface area contributed by atoms with E-state index in [1.807, 2.05) is 6.07 Å². The van der Waals surface area contributed by atoms with E-state index in [9.17, 15) is 9.18 Å². The van der Waals surface area contributed by atoms with E-state index in [0.29, 0.717) is 11.3 Å². The molecular formula is C14H16FNO2. The lowest BCUT2D eigenvalue weighted by Crippen LogP contribution is -2.32. The first kappa shape index (κ1) is 12.8. The summed E-state index contributed by atoms with van der Waals surface area (Å²) in [5.41, 5.74) is 0.738. The third-order valence-corrected chi connectivity index (χ3v) is 3.62. The van der Waals surface area contributed by atoms with Crippen LogP contribution in [0.2, 0.25) is 0 Å². The van der Waals surface area contributed by atoms with Crippen LogP contribution in [0, 0.1) is 0 Å². The summed E-state index contributed by atoms with van der Waals surface area (Å²) in [6, 6.07) is 5.33. The van der Waals surface area contributed by atoms with Gasteiger partial charge in [0.15, 0.2) is 0 Å².